The first-order valence-electron chi connectivity index (χ1n) is 10.3. The average molecular weight is 430 g/mol. The van der Waals surface area contributed by atoms with Crippen molar-refractivity contribution in [2.75, 3.05) is 39.8 Å². The zero-order valence-electron chi connectivity index (χ0n) is 18.3. The molecule has 1 saturated heterocycles. The van der Waals surface area contributed by atoms with Crippen LogP contribution < -0.4 is 0 Å². The van der Waals surface area contributed by atoms with E-state index in [4.69, 9.17) is 0 Å². The lowest BCUT2D eigenvalue weighted by Crippen LogP contribution is -2.52. The molecule has 0 bridgehead atoms. The Kier molecular flexibility index (Phi) is 6.95. The number of benzene rings is 2. The van der Waals surface area contributed by atoms with Crippen molar-refractivity contribution in [1.29, 1.82) is 0 Å². The maximum atomic E-state index is 13.1. The number of sulfonamides is 1. The van der Waals surface area contributed by atoms with Crippen LogP contribution in [-0.2, 0) is 21.4 Å². The molecule has 1 aliphatic rings. The highest BCUT2D eigenvalue weighted by molar-refractivity contribution is 7.89. The smallest absolute Gasteiger partial charge is 0.243 e. The summed E-state index contributed by atoms with van der Waals surface area (Å²) in [6.45, 7) is 8.26. The molecule has 0 atom stereocenters. The van der Waals surface area contributed by atoms with Crippen LogP contribution in [0.15, 0.2) is 47.4 Å². The number of likely N-dealkylation sites (N-methyl/N-ethyl adjacent to an activating group) is 1. The van der Waals surface area contributed by atoms with E-state index >= 15 is 0 Å². The van der Waals surface area contributed by atoms with Crippen LogP contribution in [-0.4, -0.2) is 68.2 Å². The molecule has 1 heterocycles. The highest BCUT2D eigenvalue weighted by atomic mass is 32.2. The first-order valence-corrected chi connectivity index (χ1v) is 11.7. The number of rotatable bonds is 6. The normalized spacial score (nSPS) is 15.6. The molecule has 0 N–H and O–H groups in total. The molecule has 1 amide bonds. The third-order valence-electron chi connectivity index (χ3n) is 5.53. The Balaban J connectivity index is 1.56. The molecular formula is C23H31N3O3S. The van der Waals surface area contributed by atoms with Crippen molar-refractivity contribution in [3.63, 3.8) is 0 Å². The van der Waals surface area contributed by atoms with E-state index in [1.165, 1.54) is 15.4 Å². The van der Waals surface area contributed by atoms with Gasteiger partial charge in [0.25, 0.3) is 0 Å². The van der Waals surface area contributed by atoms with Crippen molar-refractivity contribution >= 4 is 15.9 Å². The highest BCUT2D eigenvalue weighted by Gasteiger charge is 2.31. The number of nitrogens with zero attached hydrogens (tertiary/aromatic N) is 3. The van der Waals surface area contributed by atoms with Crippen molar-refractivity contribution in [2.45, 2.75) is 32.2 Å². The van der Waals surface area contributed by atoms with Gasteiger partial charge in [-0.3, -0.25) is 9.69 Å². The fourth-order valence-electron chi connectivity index (χ4n) is 3.69. The number of aryl methyl sites for hydroxylation is 3. The molecule has 1 fully saturated rings. The van der Waals surface area contributed by atoms with Gasteiger partial charge in [-0.1, -0.05) is 42.0 Å². The minimum atomic E-state index is -3.55. The molecule has 7 heteroatoms. The summed E-state index contributed by atoms with van der Waals surface area (Å²) < 4.78 is 27.6. The third-order valence-corrected chi connectivity index (χ3v) is 7.57. The first kappa shape index (κ1) is 22.5. The summed E-state index contributed by atoms with van der Waals surface area (Å²) in [6, 6.07) is 13.8. The molecule has 0 aliphatic carbocycles. The van der Waals surface area contributed by atoms with E-state index in [-0.39, 0.29) is 5.91 Å². The van der Waals surface area contributed by atoms with Gasteiger partial charge in [0.15, 0.2) is 0 Å². The van der Waals surface area contributed by atoms with Gasteiger partial charge in [0, 0.05) is 32.7 Å². The van der Waals surface area contributed by atoms with E-state index in [1.807, 2.05) is 37.9 Å². The summed E-state index contributed by atoms with van der Waals surface area (Å²) in [5.74, 6) is 0.0356. The molecule has 0 saturated carbocycles. The second kappa shape index (κ2) is 9.29. The van der Waals surface area contributed by atoms with Gasteiger partial charge in [-0.25, -0.2) is 8.42 Å². The number of hydrogen-bond acceptors (Lipinski definition) is 4. The maximum Gasteiger partial charge on any atom is 0.243 e. The fraction of sp³-hybridized carbons (Fsp3) is 0.435. The summed E-state index contributed by atoms with van der Waals surface area (Å²) in [7, 11) is -1.62. The van der Waals surface area contributed by atoms with Gasteiger partial charge in [0.05, 0.1) is 11.4 Å². The lowest BCUT2D eigenvalue weighted by molar-refractivity contribution is -0.133. The van der Waals surface area contributed by atoms with E-state index in [1.54, 1.807) is 11.0 Å². The van der Waals surface area contributed by atoms with Crippen molar-refractivity contribution in [2.24, 2.45) is 0 Å². The number of hydrogen-bond donors (Lipinski definition) is 0. The van der Waals surface area contributed by atoms with E-state index < -0.39 is 10.0 Å². The average Bonchev–Trinajstić information content (AvgIpc) is 2.71. The molecule has 0 radical (unpaired) electrons. The largest absolute Gasteiger partial charge is 0.339 e. The van der Waals surface area contributed by atoms with Gasteiger partial charge < -0.3 is 4.90 Å². The van der Waals surface area contributed by atoms with Crippen LogP contribution >= 0.6 is 0 Å². The SMILES string of the molecule is Cc1ccc(CN(C)CC(=O)N2CCN(S(=O)(=O)c3cc(C)ccc3C)CC2)cc1. The lowest BCUT2D eigenvalue weighted by Gasteiger charge is -2.35. The fourth-order valence-corrected chi connectivity index (χ4v) is 5.43. The van der Waals surface area contributed by atoms with Gasteiger partial charge in [-0.15, -0.1) is 0 Å². The Bertz CT molecular complexity index is 995. The molecule has 162 valence electrons. The number of piperazine rings is 1. The molecule has 0 unspecified atom stereocenters. The van der Waals surface area contributed by atoms with Gasteiger partial charge in [0.2, 0.25) is 15.9 Å². The predicted molar refractivity (Wildman–Crippen MR) is 119 cm³/mol. The Morgan fingerprint density at radius 1 is 0.933 bits per heavy atom. The van der Waals surface area contributed by atoms with Crippen LogP contribution in [0.5, 0.6) is 0 Å². The quantitative estimate of drug-likeness (QED) is 0.708. The Morgan fingerprint density at radius 3 is 2.17 bits per heavy atom. The first-order chi connectivity index (χ1) is 14.2. The lowest BCUT2D eigenvalue weighted by atomic mass is 10.1. The molecule has 2 aromatic rings. The summed E-state index contributed by atoms with van der Waals surface area (Å²) in [4.78, 5) is 16.8. The van der Waals surface area contributed by atoms with Crippen molar-refractivity contribution in [1.82, 2.24) is 14.1 Å². The minimum Gasteiger partial charge on any atom is -0.339 e. The predicted octanol–water partition coefficient (Wildman–Crippen LogP) is 2.58. The second-order valence-electron chi connectivity index (χ2n) is 8.21. The van der Waals surface area contributed by atoms with E-state index in [2.05, 4.69) is 31.2 Å². The monoisotopic (exact) mass is 429 g/mol. The van der Waals surface area contributed by atoms with E-state index in [9.17, 15) is 13.2 Å². The molecule has 30 heavy (non-hydrogen) atoms. The van der Waals surface area contributed by atoms with Crippen molar-refractivity contribution < 1.29 is 13.2 Å². The molecule has 2 aromatic carbocycles. The van der Waals surface area contributed by atoms with Crippen molar-refractivity contribution in [3.8, 4) is 0 Å². The Morgan fingerprint density at radius 2 is 1.53 bits per heavy atom. The molecule has 0 spiro atoms. The Hall–Kier alpha value is -2.22. The zero-order chi connectivity index (χ0) is 21.9. The molecule has 0 aromatic heterocycles. The summed E-state index contributed by atoms with van der Waals surface area (Å²) in [5.41, 5.74) is 4.05. The van der Waals surface area contributed by atoms with Crippen molar-refractivity contribution in [3.05, 3.63) is 64.7 Å². The highest BCUT2D eigenvalue weighted by Crippen LogP contribution is 2.22. The van der Waals surface area contributed by atoms with Gasteiger partial charge in [0.1, 0.15) is 0 Å². The van der Waals surface area contributed by atoms with Gasteiger partial charge in [-0.05, 0) is 50.6 Å². The molecule has 3 rings (SSSR count). The van der Waals surface area contributed by atoms with E-state index in [0.717, 1.165) is 11.1 Å². The Labute approximate surface area is 180 Å². The van der Waals surface area contributed by atoms with Crippen LogP contribution in [0.25, 0.3) is 0 Å². The van der Waals surface area contributed by atoms with Crippen LogP contribution in [0, 0.1) is 20.8 Å². The minimum absolute atomic E-state index is 0.0356. The summed E-state index contributed by atoms with van der Waals surface area (Å²) >= 11 is 0. The maximum absolute atomic E-state index is 13.1. The third kappa shape index (κ3) is 5.28. The standard InChI is InChI=1S/C23H31N3O3S/c1-18-6-9-21(10-7-18)16-24(4)17-23(27)25-11-13-26(14-12-25)30(28,29)22-15-19(2)5-8-20(22)3/h5-10,15H,11-14,16-17H2,1-4H3. The topological polar surface area (TPSA) is 60.9 Å². The van der Waals surface area contributed by atoms with E-state index in [0.29, 0.717) is 44.2 Å². The second-order valence-corrected chi connectivity index (χ2v) is 10.1. The van der Waals surface area contributed by atoms with Crippen LogP contribution in [0.4, 0.5) is 0 Å². The molecular weight excluding hydrogens is 398 g/mol. The van der Waals surface area contributed by atoms with Crippen LogP contribution in [0.2, 0.25) is 0 Å². The van der Waals surface area contributed by atoms with Crippen LogP contribution in [0.1, 0.15) is 22.3 Å². The summed E-state index contributed by atoms with van der Waals surface area (Å²) in [6.07, 6.45) is 0. The zero-order valence-corrected chi connectivity index (χ0v) is 19.1. The molecule has 6 nitrogen and oxygen atoms in total. The van der Waals surface area contributed by atoms with Crippen LogP contribution in [0.3, 0.4) is 0 Å². The number of carbonyl (C=O) groups excluding carboxylic acids is 1. The van der Waals surface area contributed by atoms with Gasteiger partial charge in [-0.2, -0.15) is 4.31 Å². The number of amides is 1. The molecule has 1 aliphatic heterocycles. The summed E-state index contributed by atoms with van der Waals surface area (Å²) in [5, 5.41) is 0. The number of carbonyl (C=O) groups is 1. The van der Waals surface area contributed by atoms with Gasteiger partial charge >= 0.3 is 0 Å².